The minimum atomic E-state index is -0.613. The Morgan fingerprint density at radius 1 is 1.53 bits per heavy atom. The van der Waals surface area contributed by atoms with Crippen LogP contribution in [0.25, 0.3) is 0 Å². The molecule has 19 heavy (non-hydrogen) atoms. The highest BCUT2D eigenvalue weighted by Gasteiger charge is 2.26. The number of amides is 1. The highest BCUT2D eigenvalue weighted by molar-refractivity contribution is 9.10. The lowest BCUT2D eigenvalue weighted by atomic mass is 10.1. The van der Waals surface area contributed by atoms with Gasteiger partial charge in [0.05, 0.1) is 16.6 Å². The molecule has 6 heteroatoms. The van der Waals surface area contributed by atoms with Crippen LogP contribution >= 0.6 is 27.5 Å². The highest BCUT2D eigenvalue weighted by Crippen LogP contribution is 2.28. The first kappa shape index (κ1) is 16.3. The molecule has 1 aromatic rings. The number of ether oxygens (including phenoxy) is 1. The lowest BCUT2D eigenvalue weighted by molar-refractivity contribution is -0.138. The van der Waals surface area contributed by atoms with Crippen molar-refractivity contribution < 1.29 is 14.6 Å². The van der Waals surface area contributed by atoms with Gasteiger partial charge < -0.3 is 14.7 Å². The molecule has 0 aliphatic carbocycles. The number of nitrogens with zero attached hydrogens (tertiary/aromatic N) is 1. The van der Waals surface area contributed by atoms with E-state index in [0.29, 0.717) is 15.2 Å². The standard InChI is InChI=1S/C13H17BrClNO3/c1-13(2,8-17)16(3)12(18)7-19-11-5-4-9(15)6-10(11)14/h4-6,17H,7-8H2,1-3H3. The highest BCUT2D eigenvalue weighted by atomic mass is 79.9. The number of aliphatic hydroxyl groups is 1. The van der Waals surface area contributed by atoms with E-state index in [4.69, 9.17) is 16.3 Å². The number of carbonyl (C=O) groups is 1. The average molecular weight is 351 g/mol. The molecule has 0 aliphatic heterocycles. The molecule has 0 atom stereocenters. The van der Waals surface area contributed by atoms with Gasteiger partial charge in [-0.15, -0.1) is 0 Å². The van der Waals surface area contributed by atoms with Crippen LogP contribution in [0.15, 0.2) is 22.7 Å². The van der Waals surface area contributed by atoms with Crippen molar-refractivity contribution in [2.75, 3.05) is 20.3 Å². The third-order valence-electron chi connectivity index (χ3n) is 2.91. The summed E-state index contributed by atoms with van der Waals surface area (Å²) in [6.45, 7) is 3.35. The van der Waals surface area contributed by atoms with E-state index in [0.717, 1.165) is 0 Å². The van der Waals surface area contributed by atoms with Gasteiger partial charge in [-0.25, -0.2) is 0 Å². The number of halogens is 2. The predicted molar refractivity (Wildman–Crippen MR) is 78.6 cm³/mol. The van der Waals surface area contributed by atoms with Crippen LogP contribution < -0.4 is 4.74 Å². The van der Waals surface area contributed by atoms with Gasteiger partial charge >= 0.3 is 0 Å². The van der Waals surface area contributed by atoms with E-state index >= 15 is 0 Å². The van der Waals surface area contributed by atoms with Crippen molar-refractivity contribution in [3.05, 3.63) is 27.7 Å². The van der Waals surface area contributed by atoms with Crippen molar-refractivity contribution in [1.29, 1.82) is 0 Å². The zero-order valence-corrected chi connectivity index (χ0v) is 13.5. The summed E-state index contributed by atoms with van der Waals surface area (Å²) < 4.78 is 6.13. The topological polar surface area (TPSA) is 49.8 Å². The Hall–Kier alpha value is -0.780. The van der Waals surface area contributed by atoms with Gasteiger partial charge in [-0.3, -0.25) is 4.79 Å². The van der Waals surface area contributed by atoms with Gasteiger partial charge in [0.1, 0.15) is 5.75 Å². The molecule has 0 fully saturated rings. The van der Waals surface area contributed by atoms with E-state index in [2.05, 4.69) is 15.9 Å². The summed E-state index contributed by atoms with van der Waals surface area (Å²) in [6.07, 6.45) is 0. The second kappa shape index (κ2) is 6.59. The van der Waals surface area contributed by atoms with Crippen molar-refractivity contribution in [2.24, 2.45) is 0 Å². The molecular formula is C13H17BrClNO3. The molecule has 0 saturated heterocycles. The molecule has 0 aliphatic rings. The summed E-state index contributed by atoms with van der Waals surface area (Å²) in [5, 5.41) is 9.80. The smallest absolute Gasteiger partial charge is 0.260 e. The molecule has 0 aromatic heterocycles. The number of hydrogen-bond acceptors (Lipinski definition) is 3. The second-order valence-electron chi connectivity index (χ2n) is 4.79. The Kier molecular flexibility index (Phi) is 5.64. The van der Waals surface area contributed by atoms with Gasteiger partial charge in [-0.2, -0.15) is 0 Å². The number of aliphatic hydroxyl groups excluding tert-OH is 1. The fraction of sp³-hybridized carbons (Fsp3) is 0.462. The molecule has 1 amide bonds. The lowest BCUT2D eigenvalue weighted by Crippen LogP contribution is -2.49. The summed E-state index contributed by atoms with van der Waals surface area (Å²) in [7, 11) is 1.64. The lowest BCUT2D eigenvalue weighted by Gasteiger charge is -2.33. The summed E-state index contributed by atoms with van der Waals surface area (Å²) in [6, 6.07) is 5.08. The normalized spacial score (nSPS) is 11.3. The first-order valence-electron chi connectivity index (χ1n) is 5.73. The zero-order chi connectivity index (χ0) is 14.6. The first-order chi connectivity index (χ1) is 8.77. The maximum atomic E-state index is 11.9. The van der Waals surface area contributed by atoms with Crippen LogP contribution in [0.4, 0.5) is 0 Å². The van der Waals surface area contributed by atoms with Crippen LogP contribution in [-0.2, 0) is 4.79 Å². The van der Waals surface area contributed by atoms with Crippen LogP contribution in [-0.4, -0.2) is 41.7 Å². The van der Waals surface area contributed by atoms with E-state index in [9.17, 15) is 9.90 Å². The molecule has 0 spiro atoms. The van der Waals surface area contributed by atoms with E-state index in [-0.39, 0.29) is 19.1 Å². The van der Waals surface area contributed by atoms with Crippen LogP contribution in [0.5, 0.6) is 5.75 Å². The molecule has 0 saturated carbocycles. The quantitative estimate of drug-likeness (QED) is 0.888. The summed E-state index contributed by atoms with van der Waals surface area (Å²) in [4.78, 5) is 13.4. The van der Waals surface area contributed by atoms with E-state index in [1.807, 2.05) is 0 Å². The van der Waals surface area contributed by atoms with E-state index in [1.165, 1.54) is 4.90 Å². The van der Waals surface area contributed by atoms with E-state index in [1.54, 1.807) is 39.1 Å². The van der Waals surface area contributed by atoms with Gasteiger partial charge in [-0.1, -0.05) is 11.6 Å². The largest absolute Gasteiger partial charge is 0.483 e. The molecule has 0 bridgehead atoms. The van der Waals surface area contributed by atoms with Gasteiger partial charge in [-0.05, 0) is 48.0 Å². The molecule has 4 nitrogen and oxygen atoms in total. The predicted octanol–water partition coefficient (Wildman–Crippen LogP) is 2.71. The zero-order valence-electron chi connectivity index (χ0n) is 11.1. The first-order valence-corrected chi connectivity index (χ1v) is 6.90. The molecule has 106 valence electrons. The fourth-order valence-electron chi connectivity index (χ4n) is 1.27. The Bertz CT molecular complexity index is 465. The molecule has 1 aromatic carbocycles. The third-order valence-corrected chi connectivity index (χ3v) is 3.77. The minimum absolute atomic E-state index is 0.0971. The van der Waals surface area contributed by atoms with Gasteiger partial charge in [0.2, 0.25) is 0 Å². The molecule has 0 unspecified atom stereocenters. The fourth-order valence-corrected chi connectivity index (χ4v) is 2.07. The molecule has 1 rings (SSSR count). The Labute approximate surface area is 126 Å². The monoisotopic (exact) mass is 349 g/mol. The summed E-state index contributed by atoms with van der Waals surface area (Å²) in [5.74, 6) is 0.342. The maximum Gasteiger partial charge on any atom is 0.260 e. The Balaban J connectivity index is 2.64. The van der Waals surface area contributed by atoms with Gasteiger partial charge in [0, 0.05) is 12.1 Å². The number of carbonyl (C=O) groups excluding carboxylic acids is 1. The average Bonchev–Trinajstić information content (AvgIpc) is 2.36. The van der Waals surface area contributed by atoms with Crippen molar-refractivity contribution >= 4 is 33.4 Å². The minimum Gasteiger partial charge on any atom is -0.483 e. The van der Waals surface area contributed by atoms with Crippen molar-refractivity contribution in [2.45, 2.75) is 19.4 Å². The van der Waals surface area contributed by atoms with E-state index < -0.39 is 5.54 Å². The number of benzene rings is 1. The van der Waals surface area contributed by atoms with Gasteiger partial charge in [0.15, 0.2) is 6.61 Å². The Morgan fingerprint density at radius 2 is 2.16 bits per heavy atom. The van der Waals surface area contributed by atoms with Crippen LogP contribution in [0.2, 0.25) is 5.02 Å². The second-order valence-corrected chi connectivity index (χ2v) is 6.08. The SMILES string of the molecule is CN(C(=O)COc1ccc(Cl)cc1Br)C(C)(C)CO. The maximum absolute atomic E-state index is 11.9. The van der Waals surface area contributed by atoms with Crippen LogP contribution in [0, 0.1) is 0 Å². The van der Waals surface area contributed by atoms with Crippen molar-refractivity contribution in [3.63, 3.8) is 0 Å². The number of hydrogen-bond donors (Lipinski definition) is 1. The molecule has 0 heterocycles. The van der Waals surface area contributed by atoms with Gasteiger partial charge in [0.25, 0.3) is 5.91 Å². The summed E-state index contributed by atoms with van der Waals surface area (Å²) >= 11 is 9.13. The van der Waals surface area contributed by atoms with Crippen molar-refractivity contribution in [3.8, 4) is 5.75 Å². The molecular weight excluding hydrogens is 334 g/mol. The number of likely N-dealkylation sites (N-methyl/N-ethyl adjacent to an activating group) is 1. The Morgan fingerprint density at radius 3 is 2.68 bits per heavy atom. The third kappa shape index (κ3) is 4.37. The van der Waals surface area contributed by atoms with Crippen LogP contribution in [0.3, 0.4) is 0 Å². The number of rotatable bonds is 5. The summed E-state index contributed by atoms with van der Waals surface area (Å²) in [5.41, 5.74) is -0.613. The molecule has 1 N–H and O–H groups in total. The van der Waals surface area contributed by atoms with Crippen LogP contribution in [0.1, 0.15) is 13.8 Å². The molecule has 0 radical (unpaired) electrons. The van der Waals surface area contributed by atoms with Crippen molar-refractivity contribution in [1.82, 2.24) is 4.90 Å².